The minimum Gasteiger partial charge on any atom is -0.294 e. The van der Waals surface area contributed by atoms with Crippen LogP contribution in [0.25, 0.3) is 0 Å². The molecule has 0 radical (unpaired) electrons. The molecule has 0 heterocycles. The summed E-state index contributed by atoms with van der Waals surface area (Å²) in [6.07, 6.45) is 0. The van der Waals surface area contributed by atoms with E-state index in [1.165, 1.54) is 0 Å². The lowest BCUT2D eigenvalue weighted by molar-refractivity contribution is -0.386. The number of carbonyl (C=O) groups is 1. The van der Waals surface area contributed by atoms with Crippen molar-refractivity contribution in [3.63, 3.8) is 0 Å². The smallest absolute Gasteiger partial charge is 0.275 e. The van der Waals surface area contributed by atoms with Gasteiger partial charge < -0.3 is 0 Å². The van der Waals surface area contributed by atoms with E-state index in [-0.39, 0.29) is 17.4 Å². The summed E-state index contributed by atoms with van der Waals surface area (Å²) < 4.78 is 0. The number of nitro benzene ring substituents is 1. The molecule has 0 unspecified atom stereocenters. The Morgan fingerprint density at radius 2 is 1.76 bits per heavy atom. The van der Waals surface area contributed by atoms with Gasteiger partial charge in [0.25, 0.3) is 5.69 Å². The van der Waals surface area contributed by atoms with E-state index >= 15 is 0 Å². The fraction of sp³-hybridized carbons (Fsp3) is 0.462. The molecule has 1 rings (SSSR count). The van der Waals surface area contributed by atoms with E-state index in [9.17, 15) is 14.9 Å². The number of hydrogen-bond acceptors (Lipinski definition) is 3. The van der Waals surface area contributed by atoms with Gasteiger partial charge in [0.05, 0.1) is 4.92 Å². The summed E-state index contributed by atoms with van der Waals surface area (Å²) in [6.45, 7) is 8.76. The van der Waals surface area contributed by atoms with Crippen molar-refractivity contribution < 1.29 is 9.72 Å². The Morgan fingerprint density at radius 3 is 2.18 bits per heavy atom. The number of Topliss-reactive ketones (excluding diaryl/α,β-unsaturated/α-hetero) is 1. The van der Waals surface area contributed by atoms with Crippen molar-refractivity contribution in [1.29, 1.82) is 0 Å². The summed E-state index contributed by atoms with van der Waals surface area (Å²) in [5.74, 6) is -0.196. The largest absolute Gasteiger partial charge is 0.294 e. The van der Waals surface area contributed by atoms with Gasteiger partial charge in [-0.2, -0.15) is 0 Å². The molecule has 0 bridgehead atoms. The van der Waals surface area contributed by atoms with Crippen LogP contribution < -0.4 is 0 Å². The Balaban J connectivity index is 3.57. The molecule has 17 heavy (non-hydrogen) atoms. The second-order valence-corrected chi connectivity index (χ2v) is 4.64. The second kappa shape index (κ2) is 4.65. The molecule has 4 heteroatoms. The number of nitrogens with zero attached hydrogens (tertiary/aromatic N) is 1. The van der Waals surface area contributed by atoms with Gasteiger partial charge in [-0.3, -0.25) is 14.9 Å². The molecular weight excluding hydrogens is 218 g/mol. The quantitative estimate of drug-likeness (QED) is 0.458. The summed E-state index contributed by atoms with van der Waals surface area (Å²) in [6, 6.07) is 1.71. The Morgan fingerprint density at radius 1 is 1.24 bits per heavy atom. The average Bonchev–Trinajstić information content (AvgIpc) is 2.15. The molecule has 1 aromatic rings. The Labute approximate surface area is 101 Å². The monoisotopic (exact) mass is 235 g/mol. The molecular formula is C13H17NO3. The second-order valence-electron chi connectivity index (χ2n) is 4.64. The van der Waals surface area contributed by atoms with Crippen molar-refractivity contribution in [1.82, 2.24) is 0 Å². The molecule has 0 saturated carbocycles. The van der Waals surface area contributed by atoms with Gasteiger partial charge in [-0.05, 0) is 32.4 Å². The summed E-state index contributed by atoms with van der Waals surface area (Å²) in [5, 5.41) is 11.0. The number of rotatable bonds is 3. The predicted octanol–water partition coefficient (Wildman–Crippen LogP) is 3.36. The first kappa shape index (κ1) is 13.4. The Bertz CT molecular complexity index is 490. The highest BCUT2D eigenvalue weighted by molar-refractivity contribution is 6.01. The number of ketones is 1. The Hall–Kier alpha value is -1.71. The van der Waals surface area contributed by atoms with Gasteiger partial charge >= 0.3 is 0 Å². The molecule has 0 saturated heterocycles. The molecule has 0 aliphatic rings. The summed E-state index contributed by atoms with van der Waals surface area (Å²) in [7, 11) is 0. The number of benzene rings is 1. The highest BCUT2D eigenvalue weighted by Gasteiger charge is 2.24. The van der Waals surface area contributed by atoms with Crippen molar-refractivity contribution in [3.8, 4) is 0 Å². The van der Waals surface area contributed by atoms with Crippen LogP contribution in [0, 0.1) is 36.8 Å². The van der Waals surface area contributed by atoms with Gasteiger partial charge in [0, 0.05) is 22.6 Å². The van der Waals surface area contributed by atoms with Crippen LogP contribution in [0.15, 0.2) is 6.07 Å². The Kier molecular flexibility index (Phi) is 3.66. The van der Waals surface area contributed by atoms with Crippen LogP contribution in [0.5, 0.6) is 0 Å². The summed E-state index contributed by atoms with van der Waals surface area (Å²) in [5.41, 5.74) is 2.44. The van der Waals surface area contributed by atoms with E-state index in [4.69, 9.17) is 0 Å². The molecule has 0 fully saturated rings. The van der Waals surface area contributed by atoms with E-state index in [2.05, 4.69) is 0 Å². The molecule has 0 atom stereocenters. The first-order valence-corrected chi connectivity index (χ1v) is 5.56. The first-order chi connectivity index (χ1) is 7.77. The highest BCUT2D eigenvalue weighted by atomic mass is 16.6. The molecule has 1 aromatic carbocycles. The molecule has 0 aliphatic heterocycles. The van der Waals surface area contributed by atoms with Gasteiger partial charge in [-0.25, -0.2) is 0 Å². The zero-order valence-corrected chi connectivity index (χ0v) is 10.8. The van der Waals surface area contributed by atoms with Crippen LogP contribution in [-0.2, 0) is 0 Å². The molecule has 92 valence electrons. The van der Waals surface area contributed by atoms with Gasteiger partial charge in [0.2, 0.25) is 0 Å². The lowest BCUT2D eigenvalue weighted by Gasteiger charge is -2.13. The summed E-state index contributed by atoms with van der Waals surface area (Å²) in [4.78, 5) is 22.6. The van der Waals surface area contributed by atoms with Crippen LogP contribution in [0.2, 0.25) is 0 Å². The number of nitro groups is 1. The van der Waals surface area contributed by atoms with Crippen molar-refractivity contribution in [3.05, 3.63) is 38.4 Å². The zero-order valence-electron chi connectivity index (χ0n) is 10.8. The first-order valence-electron chi connectivity index (χ1n) is 5.56. The van der Waals surface area contributed by atoms with Crippen LogP contribution in [-0.4, -0.2) is 10.7 Å². The number of carbonyl (C=O) groups excluding carboxylic acids is 1. The third kappa shape index (κ3) is 2.35. The lowest BCUT2D eigenvalue weighted by Crippen LogP contribution is -2.13. The molecule has 0 aromatic heterocycles. The van der Waals surface area contributed by atoms with Gasteiger partial charge in [0.1, 0.15) is 0 Å². The molecule has 0 spiro atoms. The van der Waals surface area contributed by atoms with E-state index < -0.39 is 4.92 Å². The van der Waals surface area contributed by atoms with Crippen molar-refractivity contribution in [2.75, 3.05) is 0 Å². The lowest BCUT2D eigenvalue weighted by atomic mass is 9.90. The van der Waals surface area contributed by atoms with Gasteiger partial charge in [-0.1, -0.05) is 13.8 Å². The predicted molar refractivity (Wildman–Crippen MR) is 66.5 cm³/mol. The van der Waals surface area contributed by atoms with E-state index in [1.807, 2.05) is 6.92 Å². The van der Waals surface area contributed by atoms with Gasteiger partial charge in [-0.15, -0.1) is 0 Å². The van der Waals surface area contributed by atoms with E-state index in [1.54, 1.807) is 33.8 Å². The van der Waals surface area contributed by atoms with E-state index in [0.717, 1.165) is 5.56 Å². The maximum atomic E-state index is 12.0. The standard InChI is InChI=1S/C13H17NO3/c1-7(2)13(15)11-8(3)6-9(4)12(10(11)5)14(16)17/h6-7H,1-5H3. The molecule has 4 nitrogen and oxygen atoms in total. The third-order valence-electron chi connectivity index (χ3n) is 2.88. The van der Waals surface area contributed by atoms with Gasteiger partial charge in [0.15, 0.2) is 5.78 Å². The number of aryl methyl sites for hydroxylation is 2. The normalized spacial score (nSPS) is 10.7. The zero-order chi connectivity index (χ0) is 13.3. The minimum atomic E-state index is -0.415. The highest BCUT2D eigenvalue weighted by Crippen LogP contribution is 2.30. The molecule has 0 N–H and O–H groups in total. The summed E-state index contributed by atoms with van der Waals surface area (Å²) >= 11 is 0. The minimum absolute atomic E-state index is 0.0388. The third-order valence-corrected chi connectivity index (χ3v) is 2.88. The fourth-order valence-corrected chi connectivity index (χ4v) is 2.12. The SMILES string of the molecule is Cc1cc(C)c([N+](=O)[O-])c(C)c1C(=O)C(C)C. The number of hydrogen-bond donors (Lipinski definition) is 0. The fourth-order valence-electron chi connectivity index (χ4n) is 2.12. The van der Waals surface area contributed by atoms with Crippen molar-refractivity contribution in [2.24, 2.45) is 5.92 Å². The van der Waals surface area contributed by atoms with Crippen LogP contribution in [0.4, 0.5) is 5.69 Å². The van der Waals surface area contributed by atoms with Crippen molar-refractivity contribution in [2.45, 2.75) is 34.6 Å². The topological polar surface area (TPSA) is 60.2 Å². The molecule has 0 amide bonds. The van der Waals surface area contributed by atoms with Crippen molar-refractivity contribution >= 4 is 11.5 Å². The average molecular weight is 235 g/mol. The maximum absolute atomic E-state index is 12.0. The van der Waals surface area contributed by atoms with E-state index in [0.29, 0.717) is 16.7 Å². The van der Waals surface area contributed by atoms with Crippen LogP contribution in [0.1, 0.15) is 40.9 Å². The van der Waals surface area contributed by atoms with Crippen LogP contribution in [0.3, 0.4) is 0 Å². The molecule has 0 aliphatic carbocycles. The maximum Gasteiger partial charge on any atom is 0.275 e. The van der Waals surface area contributed by atoms with Crippen LogP contribution >= 0.6 is 0 Å².